The van der Waals surface area contributed by atoms with Crippen LogP contribution in [0.5, 0.6) is 0 Å². The third-order valence-electron chi connectivity index (χ3n) is 1.92. The fraction of sp³-hybridized carbons (Fsp3) is 0.250. The molecular weight excluding hydrogens is 166 g/mol. The summed E-state index contributed by atoms with van der Waals surface area (Å²) in [6, 6.07) is 0. The van der Waals surface area contributed by atoms with Crippen molar-refractivity contribution in [2.45, 2.75) is 13.3 Å². The van der Waals surface area contributed by atoms with Crippen molar-refractivity contribution in [1.82, 2.24) is 20.0 Å². The maximum absolute atomic E-state index is 5.67. The van der Waals surface area contributed by atoms with Gasteiger partial charge in [0, 0.05) is 6.20 Å². The largest absolute Gasteiger partial charge is 0.394 e. The lowest BCUT2D eigenvalue weighted by Crippen LogP contribution is -1.98. The molecular formula is C8H11N5. The molecule has 0 saturated heterocycles. The molecule has 0 spiro atoms. The highest BCUT2D eigenvalue weighted by atomic mass is 15.3. The number of rotatable bonds is 2. The van der Waals surface area contributed by atoms with Crippen LogP contribution in [-0.4, -0.2) is 20.0 Å². The standard InChI is InChI=1S/C8H11N5/c1-2-6-3-11-13(5-6)8-7(9)4-10-12-8/h3-5H,2,9H2,1H3,(H,10,12). The Balaban J connectivity index is 2.41. The average Bonchev–Trinajstić information content (AvgIpc) is 2.71. The molecule has 0 radical (unpaired) electrons. The molecule has 2 rings (SSSR count). The van der Waals surface area contributed by atoms with Gasteiger partial charge in [-0.15, -0.1) is 0 Å². The molecule has 5 nitrogen and oxygen atoms in total. The van der Waals surface area contributed by atoms with Crippen molar-refractivity contribution >= 4 is 5.69 Å². The number of nitrogens with zero attached hydrogens (tertiary/aromatic N) is 3. The van der Waals surface area contributed by atoms with E-state index in [1.807, 2.05) is 12.4 Å². The molecule has 0 aliphatic carbocycles. The monoisotopic (exact) mass is 177 g/mol. The molecule has 0 saturated carbocycles. The average molecular weight is 177 g/mol. The summed E-state index contributed by atoms with van der Waals surface area (Å²) in [6.45, 7) is 2.08. The van der Waals surface area contributed by atoms with E-state index >= 15 is 0 Å². The zero-order valence-electron chi connectivity index (χ0n) is 7.36. The zero-order valence-corrected chi connectivity index (χ0v) is 7.36. The fourth-order valence-corrected chi connectivity index (χ4v) is 1.14. The minimum Gasteiger partial charge on any atom is -0.394 e. The van der Waals surface area contributed by atoms with Gasteiger partial charge in [0.15, 0.2) is 5.82 Å². The highest BCUT2D eigenvalue weighted by molar-refractivity contribution is 5.50. The van der Waals surface area contributed by atoms with Crippen LogP contribution in [0.4, 0.5) is 5.69 Å². The maximum atomic E-state index is 5.67. The molecule has 13 heavy (non-hydrogen) atoms. The Bertz CT molecular complexity index is 400. The SMILES string of the molecule is CCc1cnn(-c2[nH]ncc2N)c1. The number of aromatic nitrogens is 4. The van der Waals surface area contributed by atoms with Crippen LogP contribution in [0.3, 0.4) is 0 Å². The van der Waals surface area contributed by atoms with Gasteiger partial charge in [-0.1, -0.05) is 6.92 Å². The summed E-state index contributed by atoms with van der Waals surface area (Å²) in [5.74, 6) is 0.722. The van der Waals surface area contributed by atoms with Crippen molar-refractivity contribution in [3.63, 3.8) is 0 Å². The van der Waals surface area contributed by atoms with E-state index < -0.39 is 0 Å². The molecule has 0 aliphatic rings. The van der Waals surface area contributed by atoms with Gasteiger partial charge in [0.05, 0.1) is 18.1 Å². The van der Waals surface area contributed by atoms with Crippen molar-refractivity contribution in [2.24, 2.45) is 0 Å². The predicted octanol–water partition coefficient (Wildman–Crippen LogP) is 0.740. The molecule has 0 aromatic carbocycles. The van der Waals surface area contributed by atoms with Gasteiger partial charge in [-0.25, -0.2) is 4.68 Å². The van der Waals surface area contributed by atoms with E-state index in [0.717, 1.165) is 12.2 Å². The number of aromatic amines is 1. The molecule has 0 amide bonds. The molecule has 0 unspecified atom stereocenters. The quantitative estimate of drug-likeness (QED) is 0.710. The Kier molecular flexibility index (Phi) is 1.77. The van der Waals surface area contributed by atoms with E-state index in [1.54, 1.807) is 10.9 Å². The first-order chi connectivity index (χ1) is 6.31. The highest BCUT2D eigenvalue weighted by Gasteiger charge is 2.04. The van der Waals surface area contributed by atoms with E-state index in [1.165, 1.54) is 5.56 Å². The van der Waals surface area contributed by atoms with Gasteiger partial charge >= 0.3 is 0 Å². The van der Waals surface area contributed by atoms with Crippen molar-refractivity contribution in [3.05, 3.63) is 24.2 Å². The van der Waals surface area contributed by atoms with Crippen LogP contribution in [0, 0.1) is 0 Å². The number of H-pyrrole nitrogens is 1. The Hall–Kier alpha value is -1.78. The second-order valence-electron chi connectivity index (χ2n) is 2.82. The van der Waals surface area contributed by atoms with Gasteiger partial charge in [-0.2, -0.15) is 10.2 Å². The summed E-state index contributed by atoms with van der Waals surface area (Å²) in [6.07, 6.45) is 6.29. The number of aryl methyl sites for hydroxylation is 1. The van der Waals surface area contributed by atoms with E-state index in [4.69, 9.17) is 5.73 Å². The lowest BCUT2D eigenvalue weighted by Gasteiger charge is -1.96. The van der Waals surface area contributed by atoms with Gasteiger partial charge in [-0.3, -0.25) is 5.10 Å². The van der Waals surface area contributed by atoms with Crippen molar-refractivity contribution in [3.8, 4) is 5.82 Å². The molecule has 2 aromatic heterocycles. The second kappa shape index (κ2) is 2.93. The number of anilines is 1. The van der Waals surface area contributed by atoms with Crippen LogP contribution >= 0.6 is 0 Å². The first kappa shape index (κ1) is 7.85. The number of nitrogen functional groups attached to an aromatic ring is 1. The maximum Gasteiger partial charge on any atom is 0.172 e. The molecule has 2 heterocycles. The predicted molar refractivity (Wildman–Crippen MR) is 49.5 cm³/mol. The normalized spacial score (nSPS) is 10.5. The van der Waals surface area contributed by atoms with Gasteiger partial charge in [0.2, 0.25) is 0 Å². The van der Waals surface area contributed by atoms with Gasteiger partial charge in [0.25, 0.3) is 0 Å². The second-order valence-corrected chi connectivity index (χ2v) is 2.82. The molecule has 2 aromatic rings. The van der Waals surface area contributed by atoms with Crippen molar-refractivity contribution in [2.75, 3.05) is 5.73 Å². The van der Waals surface area contributed by atoms with Gasteiger partial charge < -0.3 is 5.73 Å². The Labute approximate surface area is 75.6 Å². The van der Waals surface area contributed by atoms with E-state index in [0.29, 0.717) is 5.69 Å². The van der Waals surface area contributed by atoms with Crippen LogP contribution in [0.1, 0.15) is 12.5 Å². The Morgan fingerprint density at radius 3 is 2.92 bits per heavy atom. The van der Waals surface area contributed by atoms with Crippen molar-refractivity contribution < 1.29 is 0 Å². The highest BCUT2D eigenvalue weighted by Crippen LogP contribution is 2.12. The Morgan fingerprint density at radius 2 is 2.38 bits per heavy atom. The molecule has 0 atom stereocenters. The van der Waals surface area contributed by atoms with E-state index in [-0.39, 0.29) is 0 Å². The van der Waals surface area contributed by atoms with Crippen LogP contribution in [-0.2, 0) is 6.42 Å². The molecule has 5 heteroatoms. The molecule has 0 bridgehead atoms. The summed E-state index contributed by atoms with van der Waals surface area (Å²) in [4.78, 5) is 0. The minimum absolute atomic E-state index is 0.603. The summed E-state index contributed by atoms with van der Waals surface area (Å²) >= 11 is 0. The van der Waals surface area contributed by atoms with E-state index in [2.05, 4.69) is 22.2 Å². The zero-order chi connectivity index (χ0) is 9.26. The lowest BCUT2D eigenvalue weighted by molar-refractivity contribution is 0.837. The molecule has 0 aliphatic heterocycles. The van der Waals surface area contributed by atoms with Crippen LogP contribution < -0.4 is 5.73 Å². The topological polar surface area (TPSA) is 72.5 Å². The van der Waals surface area contributed by atoms with Crippen LogP contribution in [0.15, 0.2) is 18.6 Å². The van der Waals surface area contributed by atoms with Crippen LogP contribution in [0.2, 0.25) is 0 Å². The van der Waals surface area contributed by atoms with E-state index in [9.17, 15) is 0 Å². The summed E-state index contributed by atoms with van der Waals surface area (Å²) in [5, 5.41) is 10.8. The third kappa shape index (κ3) is 1.28. The minimum atomic E-state index is 0.603. The number of nitrogens with two attached hydrogens (primary N) is 1. The van der Waals surface area contributed by atoms with Crippen LogP contribution in [0.25, 0.3) is 5.82 Å². The molecule has 0 fully saturated rings. The fourth-order valence-electron chi connectivity index (χ4n) is 1.14. The number of hydrogen-bond donors (Lipinski definition) is 2. The summed E-state index contributed by atoms with van der Waals surface area (Å²) in [5.41, 5.74) is 7.45. The lowest BCUT2D eigenvalue weighted by atomic mass is 10.3. The third-order valence-corrected chi connectivity index (χ3v) is 1.92. The van der Waals surface area contributed by atoms with Gasteiger partial charge in [-0.05, 0) is 12.0 Å². The smallest absolute Gasteiger partial charge is 0.172 e. The van der Waals surface area contributed by atoms with Crippen molar-refractivity contribution in [1.29, 1.82) is 0 Å². The summed E-state index contributed by atoms with van der Waals surface area (Å²) < 4.78 is 1.70. The number of hydrogen-bond acceptors (Lipinski definition) is 3. The first-order valence-electron chi connectivity index (χ1n) is 4.14. The molecule has 3 N–H and O–H groups in total. The summed E-state index contributed by atoms with van der Waals surface area (Å²) in [7, 11) is 0. The molecule has 68 valence electrons. The first-order valence-corrected chi connectivity index (χ1v) is 4.14. The number of nitrogens with one attached hydrogen (secondary N) is 1. The van der Waals surface area contributed by atoms with Gasteiger partial charge in [0.1, 0.15) is 0 Å². The Morgan fingerprint density at radius 1 is 1.54 bits per heavy atom.